The zero-order valence-corrected chi connectivity index (χ0v) is 31.1. The Morgan fingerprint density at radius 3 is 1.64 bits per heavy atom. The molecule has 3 nitrogen and oxygen atoms in total. The number of rotatable bonds is 6. The number of hydrogen-bond acceptors (Lipinski definition) is 3. The van der Waals surface area contributed by atoms with E-state index < -0.39 is 0 Å². The van der Waals surface area contributed by atoms with Gasteiger partial charge in [0, 0.05) is 42.9 Å². The Kier molecular flexibility index (Phi) is 7.68. The van der Waals surface area contributed by atoms with Gasteiger partial charge < -0.3 is 4.57 Å². The van der Waals surface area contributed by atoms with Crippen LogP contribution in [0.1, 0.15) is 0 Å². The van der Waals surface area contributed by atoms with E-state index >= 15 is 0 Å². The molecule has 0 fully saturated rings. The van der Waals surface area contributed by atoms with Crippen molar-refractivity contribution in [3.05, 3.63) is 200 Å². The first kappa shape index (κ1) is 32.3. The van der Waals surface area contributed by atoms with Gasteiger partial charge in [0.15, 0.2) is 5.82 Å². The Morgan fingerprint density at radius 2 is 0.875 bits per heavy atom. The monoisotopic (exact) mass is 731 g/mol. The van der Waals surface area contributed by atoms with Gasteiger partial charge in [-0.2, -0.15) is 0 Å². The molecule has 11 aromatic rings. The van der Waals surface area contributed by atoms with Crippen LogP contribution in [0.3, 0.4) is 0 Å². The molecule has 3 aromatic heterocycles. The maximum atomic E-state index is 5.42. The summed E-state index contributed by atoms with van der Waals surface area (Å²) >= 11 is 1.88. The highest BCUT2D eigenvalue weighted by atomic mass is 32.1. The van der Waals surface area contributed by atoms with Crippen molar-refractivity contribution in [2.75, 3.05) is 0 Å². The molecule has 0 aliphatic rings. The first-order valence-corrected chi connectivity index (χ1v) is 19.7. The first-order valence-electron chi connectivity index (χ1n) is 18.9. The molecule has 0 bridgehead atoms. The normalized spacial score (nSPS) is 11.6. The fourth-order valence-electron chi connectivity index (χ4n) is 8.33. The number of nitrogens with zero attached hydrogens (tertiary/aromatic N) is 3. The highest BCUT2D eigenvalue weighted by Gasteiger charge is 2.22. The van der Waals surface area contributed by atoms with Gasteiger partial charge in [0.25, 0.3) is 0 Å². The van der Waals surface area contributed by atoms with Gasteiger partial charge in [-0.25, -0.2) is 9.97 Å². The number of hydrogen-bond donors (Lipinski definition) is 0. The van der Waals surface area contributed by atoms with Gasteiger partial charge in [-0.05, 0) is 46.5 Å². The first-order chi connectivity index (χ1) is 27.8. The van der Waals surface area contributed by atoms with Gasteiger partial charge in [0.2, 0.25) is 0 Å². The van der Waals surface area contributed by atoms with Gasteiger partial charge >= 0.3 is 0 Å². The SMILES string of the molecule is c1ccc(-c2cc(-c3ccccc3-c3ccccc3)nc(-c3cccc4c3c3ccccc3n4-c3cccc4c3sc3c(-c5ccccc5)cccc34)n2)cc1. The average Bonchev–Trinajstić information content (AvgIpc) is 3.83. The van der Waals surface area contributed by atoms with Crippen molar-refractivity contribution in [1.29, 1.82) is 0 Å². The Balaban J connectivity index is 1.17. The summed E-state index contributed by atoms with van der Waals surface area (Å²) in [6.45, 7) is 0. The topological polar surface area (TPSA) is 30.7 Å². The molecule has 0 saturated heterocycles. The number of aromatic nitrogens is 3. The minimum atomic E-state index is 0.699. The molecule has 11 rings (SSSR count). The summed E-state index contributed by atoms with van der Waals surface area (Å²) in [4.78, 5) is 10.8. The number of benzene rings is 8. The molecule has 3 heterocycles. The summed E-state index contributed by atoms with van der Waals surface area (Å²) in [6.07, 6.45) is 0. The van der Waals surface area contributed by atoms with Crippen LogP contribution in [-0.2, 0) is 0 Å². The highest BCUT2D eigenvalue weighted by Crippen LogP contribution is 2.45. The third-order valence-corrected chi connectivity index (χ3v) is 12.1. The third-order valence-electron chi connectivity index (χ3n) is 10.9. The fraction of sp³-hybridized carbons (Fsp3) is 0. The smallest absolute Gasteiger partial charge is 0.161 e. The van der Waals surface area contributed by atoms with Crippen LogP contribution in [0.5, 0.6) is 0 Å². The second kappa shape index (κ2) is 13.3. The van der Waals surface area contributed by atoms with Crippen molar-refractivity contribution in [3.63, 3.8) is 0 Å². The van der Waals surface area contributed by atoms with Crippen molar-refractivity contribution in [3.8, 4) is 61.8 Å². The third kappa shape index (κ3) is 5.26. The van der Waals surface area contributed by atoms with E-state index in [9.17, 15) is 0 Å². The molecule has 262 valence electrons. The molecular weight excluding hydrogens is 699 g/mol. The molecule has 0 aliphatic carbocycles. The van der Waals surface area contributed by atoms with Crippen LogP contribution in [0.2, 0.25) is 0 Å². The lowest BCUT2D eigenvalue weighted by Gasteiger charge is -2.14. The summed E-state index contributed by atoms with van der Waals surface area (Å²) in [6, 6.07) is 71.2. The Morgan fingerprint density at radius 1 is 0.357 bits per heavy atom. The van der Waals surface area contributed by atoms with Crippen LogP contribution in [0.4, 0.5) is 0 Å². The predicted molar refractivity (Wildman–Crippen MR) is 236 cm³/mol. The van der Waals surface area contributed by atoms with Crippen molar-refractivity contribution in [1.82, 2.24) is 14.5 Å². The summed E-state index contributed by atoms with van der Waals surface area (Å²) < 4.78 is 5.01. The number of thiophene rings is 1. The molecule has 0 amide bonds. The summed E-state index contributed by atoms with van der Waals surface area (Å²) in [5.41, 5.74) is 13.1. The van der Waals surface area contributed by atoms with E-state index in [2.05, 4.69) is 199 Å². The Labute approximate surface area is 328 Å². The Hall–Kier alpha value is -7.14. The van der Waals surface area contributed by atoms with Gasteiger partial charge in [0.1, 0.15) is 0 Å². The van der Waals surface area contributed by atoms with Gasteiger partial charge in [-0.15, -0.1) is 11.3 Å². The van der Waals surface area contributed by atoms with E-state index in [1.165, 1.54) is 42.4 Å². The van der Waals surface area contributed by atoms with Crippen LogP contribution in [-0.4, -0.2) is 14.5 Å². The van der Waals surface area contributed by atoms with Crippen LogP contribution in [0, 0.1) is 0 Å². The molecule has 0 saturated carbocycles. The maximum Gasteiger partial charge on any atom is 0.161 e. The molecule has 0 aliphatic heterocycles. The molecule has 56 heavy (non-hydrogen) atoms. The van der Waals surface area contributed by atoms with Crippen LogP contribution < -0.4 is 0 Å². The van der Waals surface area contributed by atoms with E-state index in [-0.39, 0.29) is 0 Å². The van der Waals surface area contributed by atoms with Gasteiger partial charge in [-0.1, -0.05) is 176 Å². The van der Waals surface area contributed by atoms with Crippen LogP contribution in [0.15, 0.2) is 200 Å². The molecule has 0 N–H and O–H groups in total. The fourth-order valence-corrected chi connectivity index (χ4v) is 9.67. The van der Waals surface area contributed by atoms with E-state index in [1.807, 2.05) is 17.4 Å². The summed E-state index contributed by atoms with van der Waals surface area (Å²) in [5.74, 6) is 0.699. The lowest BCUT2D eigenvalue weighted by molar-refractivity contribution is 1.18. The molecule has 0 unspecified atom stereocenters. The van der Waals surface area contributed by atoms with Crippen molar-refractivity contribution >= 4 is 53.3 Å². The average molecular weight is 732 g/mol. The second-order valence-electron chi connectivity index (χ2n) is 14.1. The van der Waals surface area contributed by atoms with E-state index in [0.717, 1.165) is 55.6 Å². The van der Waals surface area contributed by atoms with Crippen molar-refractivity contribution in [2.45, 2.75) is 0 Å². The maximum absolute atomic E-state index is 5.42. The van der Waals surface area contributed by atoms with Crippen LogP contribution in [0.25, 0.3) is 104 Å². The molecular formula is C52H33N3S. The van der Waals surface area contributed by atoms with Crippen molar-refractivity contribution in [2.24, 2.45) is 0 Å². The Bertz CT molecular complexity index is 3240. The summed E-state index contributed by atoms with van der Waals surface area (Å²) in [7, 11) is 0. The second-order valence-corrected chi connectivity index (χ2v) is 15.1. The zero-order chi connectivity index (χ0) is 37.0. The van der Waals surface area contributed by atoms with E-state index in [1.54, 1.807) is 0 Å². The number of fused-ring (bicyclic) bond motifs is 6. The standard InChI is InChI=1S/C52H33N3S/c1-4-17-34(18-5-1)37-23-10-11-24-39(37)45-33-44(36-21-8-3-9-22-36)53-52(54-45)43-29-16-31-47-49(43)42-25-12-13-30-46(42)55(47)48-32-15-28-41-40-27-14-26-38(50(40)56-51(41)48)35-19-6-2-7-20-35/h1-33H. The zero-order valence-electron chi connectivity index (χ0n) is 30.3. The van der Waals surface area contributed by atoms with Gasteiger partial charge in [0.05, 0.1) is 32.8 Å². The molecule has 0 spiro atoms. The largest absolute Gasteiger partial charge is 0.308 e. The minimum Gasteiger partial charge on any atom is -0.308 e. The lowest BCUT2D eigenvalue weighted by atomic mass is 9.96. The summed E-state index contributed by atoms with van der Waals surface area (Å²) in [5, 5.41) is 4.85. The van der Waals surface area contributed by atoms with Crippen molar-refractivity contribution < 1.29 is 0 Å². The quantitative estimate of drug-likeness (QED) is 0.170. The highest BCUT2D eigenvalue weighted by molar-refractivity contribution is 7.26. The van der Waals surface area contributed by atoms with Crippen LogP contribution >= 0.6 is 11.3 Å². The van der Waals surface area contributed by atoms with E-state index in [0.29, 0.717) is 5.82 Å². The molecule has 4 heteroatoms. The molecule has 0 radical (unpaired) electrons. The van der Waals surface area contributed by atoms with Gasteiger partial charge in [-0.3, -0.25) is 0 Å². The lowest BCUT2D eigenvalue weighted by Crippen LogP contribution is -1.98. The minimum absolute atomic E-state index is 0.699. The predicted octanol–water partition coefficient (Wildman–Crippen LogP) is 14.3. The molecule has 0 atom stereocenters. The van der Waals surface area contributed by atoms with E-state index in [4.69, 9.17) is 9.97 Å². The molecule has 8 aromatic carbocycles. The number of para-hydroxylation sites is 1.